The largest absolute Gasteiger partial charge is 0.329 e. The van der Waals surface area contributed by atoms with E-state index in [1.807, 2.05) is 23.1 Å². The van der Waals surface area contributed by atoms with Crippen LogP contribution in [0.25, 0.3) is 5.57 Å². The molecule has 1 amide bonds. The standard InChI is InChI=1S/C20H20N2O3S/c21-26(24,25)19-10-6-15(7-11-19)20(23)22-17-8-9-18(22)13-16(12-17)14-4-2-1-3-5-14/h1-7,10-12,17-18H,8-9,13H2,(H2,21,24,25). The Labute approximate surface area is 153 Å². The molecule has 2 unspecified atom stereocenters. The van der Waals surface area contributed by atoms with E-state index in [1.165, 1.54) is 35.4 Å². The van der Waals surface area contributed by atoms with Crippen LogP contribution < -0.4 is 5.14 Å². The highest BCUT2D eigenvalue weighted by Gasteiger charge is 2.39. The number of rotatable bonds is 3. The summed E-state index contributed by atoms with van der Waals surface area (Å²) in [6.45, 7) is 0. The maximum Gasteiger partial charge on any atom is 0.254 e. The molecule has 134 valence electrons. The summed E-state index contributed by atoms with van der Waals surface area (Å²) in [4.78, 5) is 14.9. The molecule has 0 radical (unpaired) electrons. The van der Waals surface area contributed by atoms with Crippen LogP contribution in [0.4, 0.5) is 0 Å². The molecule has 4 rings (SSSR count). The van der Waals surface area contributed by atoms with Gasteiger partial charge in [-0.1, -0.05) is 36.4 Å². The summed E-state index contributed by atoms with van der Waals surface area (Å²) in [5, 5.41) is 5.12. The lowest BCUT2D eigenvalue weighted by atomic mass is 9.94. The first-order valence-corrected chi connectivity index (χ1v) is 10.2. The van der Waals surface area contributed by atoms with E-state index in [0.717, 1.165) is 19.3 Å². The van der Waals surface area contributed by atoms with Crippen molar-refractivity contribution in [3.63, 3.8) is 0 Å². The molecule has 5 nitrogen and oxygen atoms in total. The summed E-state index contributed by atoms with van der Waals surface area (Å²) in [7, 11) is -3.75. The van der Waals surface area contributed by atoms with Crippen LogP contribution in [0.5, 0.6) is 0 Å². The maximum atomic E-state index is 13.0. The molecule has 2 bridgehead atoms. The fourth-order valence-electron chi connectivity index (χ4n) is 3.95. The Morgan fingerprint density at radius 1 is 1.00 bits per heavy atom. The topological polar surface area (TPSA) is 80.5 Å². The number of hydrogen-bond acceptors (Lipinski definition) is 3. The zero-order valence-electron chi connectivity index (χ0n) is 14.2. The molecule has 2 N–H and O–H groups in total. The highest BCUT2D eigenvalue weighted by molar-refractivity contribution is 7.89. The zero-order chi connectivity index (χ0) is 18.3. The van der Waals surface area contributed by atoms with Crippen molar-refractivity contribution in [3.05, 3.63) is 71.8 Å². The molecule has 0 spiro atoms. The second-order valence-electron chi connectivity index (χ2n) is 6.84. The maximum absolute atomic E-state index is 13.0. The molecule has 2 aromatic carbocycles. The van der Waals surface area contributed by atoms with E-state index >= 15 is 0 Å². The summed E-state index contributed by atoms with van der Waals surface area (Å²) in [6.07, 6.45) is 5.00. The fourth-order valence-corrected chi connectivity index (χ4v) is 4.46. The Morgan fingerprint density at radius 2 is 1.69 bits per heavy atom. The van der Waals surface area contributed by atoms with Crippen LogP contribution in [0.3, 0.4) is 0 Å². The number of hydrogen-bond donors (Lipinski definition) is 1. The van der Waals surface area contributed by atoms with Crippen LogP contribution >= 0.6 is 0 Å². The number of primary sulfonamides is 1. The van der Waals surface area contributed by atoms with Crippen LogP contribution in [0, 0.1) is 0 Å². The number of carbonyl (C=O) groups excluding carboxylic acids is 1. The first-order chi connectivity index (χ1) is 12.4. The van der Waals surface area contributed by atoms with Gasteiger partial charge < -0.3 is 4.90 Å². The quantitative estimate of drug-likeness (QED) is 0.905. The number of amides is 1. The van der Waals surface area contributed by atoms with E-state index < -0.39 is 10.0 Å². The number of sulfonamides is 1. The van der Waals surface area contributed by atoms with Gasteiger partial charge in [0.05, 0.1) is 10.9 Å². The highest BCUT2D eigenvalue weighted by atomic mass is 32.2. The number of carbonyl (C=O) groups is 1. The molecule has 6 heteroatoms. The van der Waals surface area contributed by atoms with E-state index in [9.17, 15) is 13.2 Å². The number of benzene rings is 2. The van der Waals surface area contributed by atoms with E-state index in [1.54, 1.807) is 0 Å². The first-order valence-electron chi connectivity index (χ1n) is 8.65. The molecule has 26 heavy (non-hydrogen) atoms. The van der Waals surface area contributed by atoms with Gasteiger partial charge in [-0.3, -0.25) is 4.79 Å². The zero-order valence-corrected chi connectivity index (χ0v) is 15.0. The van der Waals surface area contributed by atoms with Gasteiger partial charge in [0, 0.05) is 11.6 Å². The molecule has 1 fully saturated rings. The van der Waals surface area contributed by atoms with E-state index in [-0.39, 0.29) is 22.9 Å². The second-order valence-corrected chi connectivity index (χ2v) is 8.40. The Bertz CT molecular complexity index is 966. The van der Waals surface area contributed by atoms with Gasteiger partial charge in [-0.2, -0.15) is 0 Å². The van der Waals surface area contributed by atoms with Gasteiger partial charge in [0.25, 0.3) is 5.91 Å². The van der Waals surface area contributed by atoms with Gasteiger partial charge in [-0.05, 0) is 54.7 Å². The summed E-state index contributed by atoms with van der Waals surface area (Å²) in [5.74, 6) is -0.0539. The summed E-state index contributed by atoms with van der Waals surface area (Å²) < 4.78 is 22.8. The van der Waals surface area contributed by atoms with Gasteiger partial charge in [-0.25, -0.2) is 13.6 Å². The highest BCUT2D eigenvalue weighted by Crippen LogP contribution is 2.39. The first kappa shape index (κ1) is 17.0. The third-order valence-corrected chi connectivity index (χ3v) is 6.13. The minimum Gasteiger partial charge on any atom is -0.329 e. The van der Waals surface area contributed by atoms with Crippen LogP contribution in [-0.4, -0.2) is 31.3 Å². The minimum absolute atomic E-state index is 0.0157. The normalized spacial score (nSPS) is 22.2. The lowest BCUT2D eigenvalue weighted by Crippen LogP contribution is -2.42. The molecule has 2 heterocycles. The summed E-state index contributed by atoms with van der Waals surface area (Å²) in [6, 6.07) is 16.4. The summed E-state index contributed by atoms with van der Waals surface area (Å²) >= 11 is 0. The average Bonchev–Trinajstić information content (AvgIpc) is 2.90. The van der Waals surface area contributed by atoms with Crippen LogP contribution in [0.1, 0.15) is 35.2 Å². The van der Waals surface area contributed by atoms with E-state index in [4.69, 9.17) is 5.14 Å². The predicted octanol–water partition coefficient (Wildman–Crippen LogP) is 2.79. The molecule has 2 atom stereocenters. The third kappa shape index (κ3) is 3.06. The van der Waals surface area contributed by atoms with Crippen molar-refractivity contribution >= 4 is 21.5 Å². The van der Waals surface area contributed by atoms with Crippen LogP contribution in [0.2, 0.25) is 0 Å². The molecule has 1 saturated heterocycles. The van der Waals surface area contributed by atoms with E-state index in [0.29, 0.717) is 5.56 Å². The van der Waals surface area contributed by atoms with Gasteiger partial charge in [0.2, 0.25) is 10.0 Å². The lowest BCUT2D eigenvalue weighted by molar-refractivity contribution is 0.0692. The number of fused-ring (bicyclic) bond motifs is 2. The third-order valence-electron chi connectivity index (χ3n) is 5.20. The summed E-state index contributed by atoms with van der Waals surface area (Å²) in [5.41, 5.74) is 3.01. The van der Waals surface area contributed by atoms with Crippen molar-refractivity contribution in [1.82, 2.24) is 4.90 Å². The fraction of sp³-hybridized carbons (Fsp3) is 0.250. The van der Waals surface area contributed by atoms with Crippen molar-refractivity contribution in [1.29, 1.82) is 0 Å². The molecule has 0 saturated carbocycles. The van der Waals surface area contributed by atoms with E-state index in [2.05, 4.69) is 18.2 Å². The van der Waals surface area contributed by atoms with Crippen molar-refractivity contribution in [2.45, 2.75) is 36.2 Å². The van der Waals surface area contributed by atoms with Gasteiger partial charge in [0.15, 0.2) is 0 Å². The Kier molecular flexibility index (Phi) is 4.17. The molecule has 0 aromatic heterocycles. The number of nitrogens with zero attached hydrogens (tertiary/aromatic N) is 1. The smallest absolute Gasteiger partial charge is 0.254 e. The molecular formula is C20H20N2O3S. The second kappa shape index (κ2) is 6.37. The lowest BCUT2D eigenvalue weighted by Gasteiger charge is -2.34. The monoisotopic (exact) mass is 368 g/mol. The molecule has 2 aliphatic rings. The Hall–Kier alpha value is -2.44. The van der Waals surface area contributed by atoms with Crippen molar-refractivity contribution < 1.29 is 13.2 Å². The van der Waals surface area contributed by atoms with Crippen molar-refractivity contribution in [2.24, 2.45) is 5.14 Å². The van der Waals surface area contributed by atoms with Gasteiger partial charge >= 0.3 is 0 Å². The Morgan fingerprint density at radius 3 is 2.31 bits per heavy atom. The van der Waals surface area contributed by atoms with Crippen LogP contribution in [0.15, 0.2) is 65.6 Å². The predicted molar refractivity (Wildman–Crippen MR) is 99.8 cm³/mol. The molecule has 2 aliphatic heterocycles. The molecular weight excluding hydrogens is 348 g/mol. The van der Waals surface area contributed by atoms with Gasteiger partial charge in [-0.15, -0.1) is 0 Å². The SMILES string of the molecule is NS(=O)(=O)c1ccc(C(=O)N2C3C=C(c4ccccc4)CC2CC3)cc1. The number of nitrogens with two attached hydrogens (primary N) is 1. The van der Waals surface area contributed by atoms with Crippen LogP contribution in [-0.2, 0) is 10.0 Å². The minimum atomic E-state index is -3.75. The van der Waals surface area contributed by atoms with Gasteiger partial charge in [0.1, 0.15) is 0 Å². The Balaban J connectivity index is 1.59. The molecule has 2 aromatic rings. The average molecular weight is 368 g/mol. The molecule has 0 aliphatic carbocycles. The van der Waals surface area contributed by atoms with Crippen molar-refractivity contribution in [3.8, 4) is 0 Å². The van der Waals surface area contributed by atoms with Crippen molar-refractivity contribution in [2.75, 3.05) is 0 Å².